The minimum absolute atomic E-state index is 0.0954. The molecule has 3 heterocycles. The van der Waals surface area contributed by atoms with E-state index in [0.29, 0.717) is 5.88 Å². The van der Waals surface area contributed by atoms with Gasteiger partial charge in [-0.15, -0.1) is 16.4 Å². The molecule has 7 heteroatoms. The monoisotopic (exact) mass is 303 g/mol. The fourth-order valence-corrected chi connectivity index (χ4v) is 2.96. The molecular weight excluding hydrogens is 286 g/mol. The summed E-state index contributed by atoms with van der Waals surface area (Å²) in [6, 6.07) is 3.87. The molecule has 0 spiro atoms. The number of nitrogens with one attached hydrogen (secondary N) is 1. The van der Waals surface area contributed by atoms with Crippen LogP contribution in [0.2, 0.25) is 0 Å². The number of likely N-dealkylation sites (N-methyl/N-ethyl adjacent to an activating group) is 1. The lowest BCUT2D eigenvalue weighted by atomic mass is 10.1. The maximum atomic E-state index is 5.05. The molecule has 1 atom stereocenters. The molecule has 110 valence electrons. The molecule has 0 aliphatic heterocycles. The fraction of sp³-hybridized carbons (Fsp3) is 0.357. The van der Waals surface area contributed by atoms with Crippen molar-refractivity contribution >= 4 is 16.3 Å². The van der Waals surface area contributed by atoms with Crippen molar-refractivity contribution in [3.63, 3.8) is 0 Å². The lowest BCUT2D eigenvalue weighted by Crippen LogP contribution is -2.24. The Kier molecular flexibility index (Phi) is 4.12. The molecule has 1 unspecified atom stereocenters. The molecular formula is C14H17N5OS. The summed E-state index contributed by atoms with van der Waals surface area (Å²) in [5.74, 6) is 0.525. The van der Waals surface area contributed by atoms with Gasteiger partial charge in [0.05, 0.1) is 24.5 Å². The largest absolute Gasteiger partial charge is 0.480 e. The van der Waals surface area contributed by atoms with Crippen LogP contribution in [0.5, 0.6) is 5.88 Å². The predicted octanol–water partition coefficient (Wildman–Crippen LogP) is 2.09. The van der Waals surface area contributed by atoms with Gasteiger partial charge in [0.25, 0.3) is 0 Å². The Hall–Kier alpha value is -1.99. The number of nitrogens with zero attached hydrogens (tertiary/aromatic N) is 4. The van der Waals surface area contributed by atoms with E-state index in [4.69, 9.17) is 4.74 Å². The third-order valence-corrected chi connectivity index (χ3v) is 4.00. The van der Waals surface area contributed by atoms with Gasteiger partial charge in [0, 0.05) is 30.3 Å². The number of thiazole rings is 1. The van der Waals surface area contributed by atoms with Crippen LogP contribution in [-0.2, 0) is 6.42 Å². The van der Waals surface area contributed by atoms with Gasteiger partial charge in [-0.2, -0.15) is 5.10 Å². The first-order chi connectivity index (χ1) is 10.3. The minimum atomic E-state index is 0.0954. The Labute approximate surface area is 126 Å². The van der Waals surface area contributed by atoms with Crippen LogP contribution in [0.15, 0.2) is 29.9 Å². The van der Waals surface area contributed by atoms with Gasteiger partial charge in [0.2, 0.25) is 5.88 Å². The fourth-order valence-electron chi connectivity index (χ4n) is 2.24. The van der Waals surface area contributed by atoms with Crippen LogP contribution < -0.4 is 10.1 Å². The molecule has 0 aromatic carbocycles. The Morgan fingerprint density at radius 1 is 1.38 bits per heavy atom. The molecule has 0 saturated carbocycles. The standard InChI is InChI=1S/C14H17N5OS/c1-3-15-12(11-4-5-13(20-2)18-17-11)8-10-9-19-6-7-21-14(19)16-10/h4-7,9,12,15H,3,8H2,1-2H3. The molecule has 3 rings (SSSR count). The van der Waals surface area contributed by atoms with Gasteiger partial charge in [-0.1, -0.05) is 6.92 Å². The summed E-state index contributed by atoms with van der Waals surface area (Å²) in [4.78, 5) is 5.64. The molecule has 3 aromatic heterocycles. The lowest BCUT2D eigenvalue weighted by Gasteiger charge is -2.15. The molecule has 1 N–H and O–H groups in total. The SMILES string of the molecule is CCNC(Cc1cn2ccsc2n1)c1ccc(OC)nn1. The van der Waals surface area contributed by atoms with Crippen molar-refractivity contribution in [2.45, 2.75) is 19.4 Å². The van der Waals surface area contributed by atoms with Crippen LogP contribution in [0.3, 0.4) is 0 Å². The molecule has 0 aliphatic rings. The zero-order valence-corrected chi connectivity index (χ0v) is 12.8. The normalized spacial score (nSPS) is 12.7. The van der Waals surface area contributed by atoms with E-state index in [2.05, 4.69) is 33.6 Å². The Bertz CT molecular complexity index is 677. The minimum Gasteiger partial charge on any atom is -0.480 e. The zero-order chi connectivity index (χ0) is 14.7. The summed E-state index contributed by atoms with van der Waals surface area (Å²) in [6.45, 7) is 2.94. The van der Waals surface area contributed by atoms with Crippen LogP contribution in [0.4, 0.5) is 0 Å². The number of methoxy groups -OCH3 is 1. The van der Waals surface area contributed by atoms with E-state index in [1.165, 1.54) is 0 Å². The van der Waals surface area contributed by atoms with Crippen molar-refractivity contribution in [2.75, 3.05) is 13.7 Å². The number of imidazole rings is 1. The van der Waals surface area contributed by atoms with Crippen molar-refractivity contribution in [1.29, 1.82) is 0 Å². The van der Waals surface area contributed by atoms with Crippen LogP contribution in [0.1, 0.15) is 24.4 Å². The first-order valence-electron chi connectivity index (χ1n) is 6.82. The number of hydrogen-bond acceptors (Lipinski definition) is 6. The summed E-state index contributed by atoms with van der Waals surface area (Å²) < 4.78 is 7.09. The summed E-state index contributed by atoms with van der Waals surface area (Å²) >= 11 is 1.64. The van der Waals surface area contributed by atoms with Gasteiger partial charge in [-0.3, -0.25) is 4.40 Å². The van der Waals surface area contributed by atoms with Gasteiger partial charge >= 0.3 is 0 Å². The Morgan fingerprint density at radius 3 is 2.95 bits per heavy atom. The number of fused-ring (bicyclic) bond motifs is 1. The number of hydrogen-bond donors (Lipinski definition) is 1. The maximum absolute atomic E-state index is 5.05. The first kappa shape index (κ1) is 14.0. The van der Waals surface area contributed by atoms with Gasteiger partial charge < -0.3 is 10.1 Å². The van der Waals surface area contributed by atoms with Crippen LogP contribution >= 0.6 is 11.3 Å². The Balaban J connectivity index is 1.81. The maximum Gasteiger partial charge on any atom is 0.233 e. The average molecular weight is 303 g/mol. The van der Waals surface area contributed by atoms with Gasteiger partial charge in [-0.05, 0) is 12.6 Å². The highest BCUT2D eigenvalue weighted by molar-refractivity contribution is 7.15. The van der Waals surface area contributed by atoms with Crippen LogP contribution in [0, 0.1) is 0 Å². The molecule has 0 radical (unpaired) electrons. The molecule has 0 amide bonds. The van der Waals surface area contributed by atoms with E-state index >= 15 is 0 Å². The van der Waals surface area contributed by atoms with E-state index < -0.39 is 0 Å². The second kappa shape index (κ2) is 6.19. The summed E-state index contributed by atoms with van der Waals surface area (Å²) in [7, 11) is 1.59. The highest BCUT2D eigenvalue weighted by Gasteiger charge is 2.15. The van der Waals surface area contributed by atoms with E-state index in [1.807, 2.05) is 28.1 Å². The van der Waals surface area contributed by atoms with Gasteiger partial charge in [-0.25, -0.2) is 4.98 Å². The number of aromatic nitrogens is 4. The van der Waals surface area contributed by atoms with Crippen molar-refractivity contribution in [2.24, 2.45) is 0 Å². The van der Waals surface area contributed by atoms with Crippen LogP contribution in [-0.4, -0.2) is 33.2 Å². The summed E-state index contributed by atoms with van der Waals surface area (Å²) in [5.41, 5.74) is 1.94. The van der Waals surface area contributed by atoms with Crippen molar-refractivity contribution in [3.8, 4) is 5.88 Å². The average Bonchev–Trinajstić information content (AvgIpc) is 3.08. The molecule has 0 fully saturated rings. The van der Waals surface area contributed by atoms with E-state index in [-0.39, 0.29) is 6.04 Å². The second-order valence-corrected chi connectivity index (χ2v) is 5.51. The predicted molar refractivity (Wildman–Crippen MR) is 81.8 cm³/mol. The zero-order valence-electron chi connectivity index (χ0n) is 12.0. The summed E-state index contributed by atoms with van der Waals surface area (Å²) in [6.07, 6.45) is 4.86. The molecule has 3 aromatic rings. The topological polar surface area (TPSA) is 64.3 Å². The third kappa shape index (κ3) is 3.03. The van der Waals surface area contributed by atoms with Crippen molar-refractivity contribution in [1.82, 2.24) is 24.9 Å². The number of ether oxygens (including phenoxy) is 1. The smallest absolute Gasteiger partial charge is 0.233 e. The third-order valence-electron chi connectivity index (χ3n) is 3.23. The summed E-state index contributed by atoms with van der Waals surface area (Å²) in [5, 5.41) is 13.7. The highest BCUT2D eigenvalue weighted by Crippen LogP contribution is 2.19. The molecule has 21 heavy (non-hydrogen) atoms. The molecule has 0 aliphatic carbocycles. The quantitative estimate of drug-likeness (QED) is 0.755. The molecule has 0 bridgehead atoms. The van der Waals surface area contributed by atoms with E-state index in [0.717, 1.165) is 29.3 Å². The number of rotatable bonds is 6. The van der Waals surface area contributed by atoms with Gasteiger partial charge in [0.1, 0.15) is 0 Å². The van der Waals surface area contributed by atoms with Crippen molar-refractivity contribution in [3.05, 3.63) is 41.3 Å². The van der Waals surface area contributed by atoms with Crippen molar-refractivity contribution < 1.29 is 4.74 Å². The first-order valence-corrected chi connectivity index (χ1v) is 7.70. The lowest BCUT2D eigenvalue weighted by molar-refractivity contribution is 0.389. The molecule has 6 nitrogen and oxygen atoms in total. The highest BCUT2D eigenvalue weighted by atomic mass is 32.1. The van der Waals surface area contributed by atoms with E-state index in [1.54, 1.807) is 18.4 Å². The van der Waals surface area contributed by atoms with Crippen LogP contribution in [0.25, 0.3) is 4.96 Å². The Morgan fingerprint density at radius 2 is 2.29 bits per heavy atom. The molecule has 0 saturated heterocycles. The van der Waals surface area contributed by atoms with Gasteiger partial charge in [0.15, 0.2) is 4.96 Å². The second-order valence-electron chi connectivity index (χ2n) is 4.64. The van der Waals surface area contributed by atoms with E-state index in [9.17, 15) is 0 Å².